The molecule has 2 N–H and O–H groups in total. The quantitative estimate of drug-likeness (QED) is 0.749. The highest BCUT2D eigenvalue weighted by molar-refractivity contribution is 5.17. The highest BCUT2D eigenvalue weighted by Gasteiger charge is 2.13. The Morgan fingerprint density at radius 3 is 2.59 bits per heavy atom. The maximum absolute atomic E-state index is 13.4. The molecular formula is C13H20FNO2. The number of likely N-dealkylation sites (N-methyl/N-ethyl adjacent to an activating group) is 1. The maximum Gasteiger partial charge on any atom is 0.126 e. The number of benzene rings is 1. The van der Waals surface area contributed by atoms with Gasteiger partial charge in [0.15, 0.2) is 0 Å². The third-order valence-corrected chi connectivity index (χ3v) is 2.99. The van der Waals surface area contributed by atoms with Crippen LogP contribution in [-0.4, -0.2) is 48.0 Å². The fraction of sp³-hybridized carbons (Fsp3) is 0.538. The highest BCUT2D eigenvalue weighted by Crippen LogP contribution is 2.09. The highest BCUT2D eigenvalue weighted by atomic mass is 19.1. The molecule has 0 bridgehead atoms. The van der Waals surface area contributed by atoms with Crippen molar-refractivity contribution in [1.29, 1.82) is 0 Å². The average Bonchev–Trinajstić information content (AvgIpc) is 2.34. The van der Waals surface area contributed by atoms with Gasteiger partial charge < -0.3 is 15.1 Å². The standard InChI is InChI=1S/C13H20FNO2/c1-15(12(10-17)7-9-16)8-6-11-4-2-3-5-13(11)14/h2-5,12,16-17H,6-10H2,1H3. The molecule has 17 heavy (non-hydrogen) atoms. The second-order valence-corrected chi connectivity index (χ2v) is 4.17. The lowest BCUT2D eigenvalue weighted by molar-refractivity contribution is 0.120. The van der Waals surface area contributed by atoms with E-state index in [1.807, 2.05) is 18.0 Å². The Kier molecular flexibility index (Phi) is 6.11. The monoisotopic (exact) mass is 241 g/mol. The molecule has 0 radical (unpaired) electrons. The van der Waals surface area contributed by atoms with Crippen molar-refractivity contribution in [3.8, 4) is 0 Å². The Bertz CT molecular complexity index is 333. The van der Waals surface area contributed by atoms with Crippen molar-refractivity contribution in [2.45, 2.75) is 18.9 Å². The van der Waals surface area contributed by atoms with E-state index < -0.39 is 0 Å². The first-order valence-corrected chi connectivity index (χ1v) is 5.84. The second-order valence-electron chi connectivity index (χ2n) is 4.17. The van der Waals surface area contributed by atoms with Crippen LogP contribution in [0.2, 0.25) is 0 Å². The van der Waals surface area contributed by atoms with Gasteiger partial charge in [-0.25, -0.2) is 4.39 Å². The van der Waals surface area contributed by atoms with Gasteiger partial charge in [0.1, 0.15) is 5.82 Å². The van der Waals surface area contributed by atoms with Crippen LogP contribution in [0.25, 0.3) is 0 Å². The lowest BCUT2D eigenvalue weighted by atomic mass is 10.1. The molecule has 0 aromatic heterocycles. The Labute approximate surface area is 101 Å². The van der Waals surface area contributed by atoms with Crippen molar-refractivity contribution in [2.75, 3.05) is 26.8 Å². The first-order valence-electron chi connectivity index (χ1n) is 5.84. The third-order valence-electron chi connectivity index (χ3n) is 2.99. The number of nitrogens with zero attached hydrogens (tertiary/aromatic N) is 1. The summed E-state index contributed by atoms with van der Waals surface area (Å²) >= 11 is 0. The topological polar surface area (TPSA) is 43.7 Å². The van der Waals surface area contributed by atoms with Crippen LogP contribution in [0.4, 0.5) is 4.39 Å². The minimum atomic E-state index is -0.191. The normalized spacial score (nSPS) is 13.0. The molecule has 1 aromatic carbocycles. The zero-order valence-corrected chi connectivity index (χ0v) is 10.1. The molecule has 0 saturated heterocycles. The van der Waals surface area contributed by atoms with Crippen LogP contribution in [0, 0.1) is 5.82 Å². The summed E-state index contributed by atoms with van der Waals surface area (Å²) in [7, 11) is 1.87. The van der Waals surface area contributed by atoms with Crippen molar-refractivity contribution in [3.63, 3.8) is 0 Å². The van der Waals surface area contributed by atoms with E-state index in [2.05, 4.69) is 0 Å². The molecule has 0 spiro atoms. The van der Waals surface area contributed by atoms with E-state index in [-0.39, 0.29) is 25.1 Å². The Morgan fingerprint density at radius 1 is 1.29 bits per heavy atom. The fourth-order valence-electron chi connectivity index (χ4n) is 1.78. The van der Waals surface area contributed by atoms with Crippen LogP contribution in [0.5, 0.6) is 0 Å². The van der Waals surface area contributed by atoms with Crippen LogP contribution in [0.15, 0.2) is 24.3 Å². The van der Waals surface area contributed by atoms with Crippen molar-refractivity contribution < 1.29 is 14.6 Å². The summed E-state index contributed by atoms with van der Waals surface area (Å²) < 4.78 is 13.4. The summed E-state index contributed by atoms with van der Waals surface area (Å²) in [6, 6.07) is 6.64. The molecule has 0 amide bonds. The molecule has 0 fully saturated rings. The van der Waals surface area contributed by atoms with E-state index >= 15 is 0 Å². The van der Waals surface area contributed by atoms with E-state index in [0.29, 0.717) is 24.9 Å². The minimum absolute atomic E-state index is 0.00827. The van der Waals surface area contributed by atoms with Crippen molar-refractivity contribution in [1.82, 2.24) is 4.90 Å². The Balaban J connectivity index is 2.47. The molecule has 0 aliphatic rings. The largest absolute Gasteiger partial charge is 0.396 e. The van der Waals surface area contributed by atoms with Crippen molar-refractivity contribution in [3.05, 3.63) is 35.6 Å². The number of aliphatic hydroxyl groups is 2. The van der Waals surface area contributed by atoms with E-state index in [0.717, 1.165) is 0 Å². The van der Waals surface area contributed by atoms with Gasteiger partial charge in [0, 0.05) is 19.2 Å². The molecular weight excluding hydrogens is 221 g/mol. The molecule has 96 valence electrons. The number of hydrogen-bond donors (Lipinski definition) is 2. The lowest BCUT2D eigenvalue weighted by Gasteiger charge is -2.25. The lowest BCUT2D eigenvalue weighted by Crippen LogP contribution is -2.36. The minimum Gasteiger partial charge on any atom is -0.396 e. The van der Waals surface area contributed by atoms with Crippen LogP contribution in [0.3, 0.4) is 0 Å². The predicted octanol–water partition coefficient (Wildman–Crippen LogP) is 1.04. The van der Waals surface area contributed by atoms with Gasteiger partial charge >= 0.3 is 0 Å². The van der Waals surface area contributed by atoms with Gasteiger partial charge in [-0.15, -0.1) is 0 Å². The van der Waals surface area contributed by atoms with Gasteiger partial charge in [0.05, 0.1) is 6.61 Å². The molecule has 4 heteroatoms. The molecule has 1 atom stereocenters. The first kappa shape index (κ1) is 14.1. The number of hydrogen-bond acceptors (Lipinski definition) is 3. The van der Waals surface area contributed by atoms with E-state index in [4.69, 9.17) is 10.2 Å². The molecule has 0 aliphatic heterocycles. The third kappa shape index (κ3) is 4.42. The Hall–Kier alpha value is -0.970. The van der Waals surface area contributed by atoms with E-state index in [1.54, 1.807) is 12.1 Å². The van der Waals surface area contributed by atoms with Gasteiger partial charge in [0.2, 0.25) is 0 Å². The zero-order valence-electron chi connectivity index (χ0n) is 10.1. The number of rotatable bonds is 7. The van der Waals surface area contributed by atoms with E-state index in [9.17, 15) is 4.39 Å². The second kappa shape index (κ2) is 7.37. The molecule has 1 rings (SSSR count). The van der Waals surface area contributed by atoms with Crippen LogP contribution in [-0.2, 0) is 6.42 Å². The summed E-state index contributed by atoms with van der Waals surface area (Å²) in [5.74, 6) is -0.191. The SMILES string of the molecule is CN(CCc1ccccc1F)C(CO)CCO. The van der Waals surface area contributed by atoms with E-state index in [1.165, 1.54) is 6.07 Å². The van der Waals surface area contributed by atoms with Crippen LogP contribution in [0.1, 0.15) is 12.0 Å². The zero-order chi connectivity index (χ0) is 12.7. The van der Waals surface area contributed by atoms with Crippen LogP contribution >= 0.6 is 0 Å². The summed E-state index contributed by atoms with van der Waals surface area (Å²) in [5, 5.41) is 18.0. The molecule has 3 nitrogen and oxygen atoms in total. The average molecular weight is 241 g/mol. The number of aliphatic hydroxyl groups excluding tert-OH is 2. The smallest absolute Gasteiger partial charge is 0.126 e. The fourth-order valence-corrected chi connectivity index (χ4v) is 1.78. The van der Waals surface area contributed by atoms with Gasteiger partial charge in [-0.05, 0) is 31.5 Å². The van der Waals surface area contributed by atoms with Crippen molar-refractivity contribution >= 4 is 0 Å². The Morgan fingerprint density at radius 2 is 2.00 bits per heavy atom. The maximum atomic E-state index is 13.4. The number of halogens is 1. The van der Waals surface area contributed by atoms with Gasteiger partial charge in [-0.3, -0.25) is 0 Å². The van der Waals surface area contributed by atoms with Gasteiger partial charge in [-0.2, -0.15) is 0 Å². The molecule has 1 unspecified atom stereocenters. The molecule has 0 heterocycles. The summed E-state index contributed by atoms with van der Waals surface area (Å²) in [6.45, 7) is 0.718. The van der Waals surface area contributed by atoms with Crippen molar-refractivity contribution in [2.24, 2.45) is 0 Å². The molecule has 0 aliphatic carbocycles. The van der Waals surface area contributed by atoms with Crippen LogP contribution < -0.4 is 0 Å². The summed E-state index contributed by atoms with van der Waals surface area (Å²) in [5.41, 5.74) is 0.681. The summed E-state index contributed by atoms with van der Waals surface area (Å²) in [4.78, 5) is 1.95. The molecule has 0 saturated carbocycles. The summed E-state index contributed by atoms with van der Waals surface area (Å²) in [6.07, 6.45) is 1.13. The van der Waals surface area contributed by atoms with Gasteiger partial charge in [-0.1, -0.05) is 18.2 Å². The van der Waals surface area contributed by atoms with Gasteiger partial charge in [0.25, 0.3) is 0 Å². The molecule has 1 aromatic rings. The first-order chi connectivity index (χ1) is 8.19. The predicted molar refractivity (Wildman–Crippen MR) is 65.3 cm³/mol.